The number of halogens is 1. The minimum atomic E-state index is 0. The zero-order valence-electron chi connectivity index (χ0n) is 11.5. The molecule has 0 bridgehead atoms. The van der Waals surface area contributed by atoms with E-state index in [1.807, 2.05) is 5.38 Å². The molecular formula is C12H22IN5OS. The minimum absolute atomic E-state index is 0. The van der Waals surface area contributed by atoms with Crippen molar-refractivity contribution in [1.29, 1.82) is 0 Å². The molecule has 0 aliphatic carbocycles. The smallest absolute Gasteiger partial charge is 0.189 e. The first-order chi connectivity index (χ1) is 9.34. The van der Waals surface area contributed by atoms with Gasteiger partial charge >= 0.3 is 0 Å². The Morgan fingerprint density at radius 1 is 1.50 bits per heavy atom. The van der Waals surface area contributed by atoms with Crippen LogP contribution in [0.2, 0.25) is 0 Å². The molecule has 2 rings (SSSR count). The zero-order valence-corrected chi connectivity index (χ0v) is 14.6. The largest absolute Gasteiger partial charge is 0.379 e. The molecule has 1 aromatic heterocycles. The van der Waals surface area contributed by atoms with Crippen molar-refractivity contribution < 1.29 is 4.74 Å². The van der Waals surface area contributed by atoms with Gasteiger partial charge in [-0.2, -0.15) is 0 Å². The van der Waals surface area contributed by atoms with Gasteiger partial charge in [-0.15, -0.1) is 35.3 Å². The highest BCUT2D eigenvalue weighted by molar-refractivity contribution is 14.0. The quantitative estimate of drug-likeness (QED) is 0.315. The molecule has 0 aromatic carbocycles. The highest BCUT2D eigenvalue weighted by Gasteiger charge is 2.08. The summed E-state index contributed by atoms with van der Waals surface area (Å²) in [6, 6.07) is 0. The van der Waals surface area contributed by atoms with Gasteiger partial charge in [0.15, 0.2) is 5.96 Å². The van der Waals surface area contributed by atoms with E-state index in [-0.39, 0.29) is 24.0 Å². The number of nitrogens with one attached hydrogen (secondary N) is 1. The SMILES string of the molecule is I.NC(=NCc1nccs1)NCCCN1CCOCC1. The Kier molecular flexibility index (Phi) is 9.07. The highest BCUT2D eigenvalue weighted by Crippen LogP contribution is 2.04. The molecule has 20 heavy (non-hydrogen) atoms. The van der Waals surface area contributed by atoms with E-state index in [2.05, 4.69) is 20.2 Å². The number of rotatable bonds is 6. The fourth-order valence-corrected chi connectivity index (χ4v) is 2.42. The third-order valence-electron chi connectivity index (χ3n) is 2.93. The van der Waals surface area contributed by atoms with Gasteiger partial charge in [-0.05, 0) is 13.0 Å². The molecule has 1 aromatic rings. The number of hydrogen-bond donors (Lipinski definition) is 2. The van der Waals surface area contributed by atoms with Crippen LogP contribution in [0.4, 0.5) is 0 Å². The van der Waals surface area contributed by atoms with Crippen LogP contribution in [0.5, 0.6) is 0 Å². The maximum atomic E-state index is 5.79. The van der Waals surface area contributed by atoms with Crippen LogP contribution in [0.25, 0.3) is 0 Å². The van der Waals surface area contributed by atoms with Crippen molar-refractivity contribution in [3.05, 3.63) is 16.6 Å². The molecule has 0 radical (unpaired) electrons. The summed E-state index contributed by atoms with van der Waals surface area (Å²) in [5, 5.41) is 6.06. The number of thiazole rings is 1. The Morgan fingerprint density at radius 2 is 2.30 bits per heavy atom. The maximum absolute atomic E-state index is 5.79. The lowest BCUT2D eigenvalue weighted by atomic mass is 10.3. The topological polar surface area (TPSA) is 75.8 Å². The van der Waals surface area contributed by atoms with Crippen molar-refractivity contribution in [2.75, 3.05) is 39.4 Å². The van der Waals surface area contributed by atoms with Crippen molar-refractivity contribution in [3.8, 4) is 0 Å². The number of ether oxygens (including phenoxy) is 1. The summed E-state index contributed by atoms with van der Waals surface area (Å²) in [6.07, 6.45) is 2.84. The van der Waals surface area contributed by atoms with Crippen LogP contribution < -0.4 is 11.1 Å². The van der Waals surface area contributed by atoms with Gasteiger partial charge in [-0.1, -0.05) is 0 Å². The number of nitrogens with zero attached hydrogens (tertiary/aromatic N) is 3. The summed E-state index contributed by atoms with van der Waals surface area (Å²) in [5.74, 6) is 0.497. The summed E-state index contributed by atoms with van der Waals surface area (Å²) >= 11 is 1.59. The molecule has 0 spiro atoms. The van der Waals surface area contributed by atoms with Gasteiger partial charge in [0.25, 0.3) is 0 Å². The zero-order chi connectivity index (χ0) is 13.3. The Balaban J connectivity index is 0.00000200. The van der Waals surface area contributed by atoms with Crippen LogP contribution in [0, 0.1) is 0 Å². The van der Waals surface area contributed by atoms with E-state index in [0.29, 0.717) is 12.5 Å². The first-order valence-electron chi connectivity index (χ1n) is 6.57. The van der Waals surface area contributed by atoms with Crippen LogP contribution in [0.15, 0.2) is 16.6 Å². The predicted octanol–water partition coefficient (Wildman–Crippen LogP) is 0.888. The second-order valence-corrected chi connectivity index (χ2v) is 5.34. The molecule has 0 atom stereocenters. The van der Waals surface area contributed by atoms with Crippen LogP contribution in [0.1, 0.15) is 11.4 Å². The minimum Gasteiger partial charge on any atom is -0.379 e. The van der Waals surface area contributed by atoms with E-state index < -0.39 is 0 Å². The molecule has 0 saturated carbocycles. The molecule has 3 N–H and O–H groups in total. The molecule has 8 heteroatoms. The second-order valence-electron chi connectivity index (χ2n) is 4.36. The molecule has 0 unspecified atom stereocenters. The molecule has 2 heterocycles. The van der Waals surface area contributed by atoms with Gasteiger partial charge in [0.1, 0.15) is 5.01 Å². The second kappa shape index (κ2) is 10.3. The fraction of sp³-hybridized carbons (Fsp3) is 0.667. The Labute approximate surface area is 140 Å². The van der Waals surface area contributed by atoms with Gasteiger partial charge in [-0.3, -0.25) is 4.90 Å². The lowest BCUT2D eigenvalue weighted by molar-refractivity contribution is 0.0376. The van der Waals surface area contributed by atoms with Crippen LogP contribution in [0.3, 0.4) is 0 Å². The average Bonchev–Trinajstić information content (AvgIpc) is 2.96. The van der Waals surface area contributed by atoms with Gasteiger partial charge in [0, 0.05) is 31.2 Å². The Hall–Kier alpha value is -0.450. The maximum Gasteiger partial charge on any atom is 0.189 e. The summed E-state index contributed by atoms with van der Waals surface area (Å²) in [7, 11) is 0. The predicted molar refractivity (Wildman–Crippen MR) is 92.7 cm³/mol. The molecule has 1 fully saturated rings. The van der Waals surface area contributed by atoms with E-state index in [4.69, 9.17) is 10.5 Å². The van der Waals surface area contributed by atoms with Crippen LogP contribution >= 0.6 is 35.3 Å². The van der Waals surface area contributed by atoms with E-state index in [0.717, 1.165) is 50.8 Å². The first-order valence-corrected chi connectivity index (χ1v) is 7.45. The van der Waals surface area contributed by atoms with Crippen molar-refractivity contribution in [2.24, 2.45) is 10.7 Å². The fourth-order valence-electron chi connectivity index (χ4n) is 1.88. The summed E-state index contributed by atoms with van der Waals surface area (Å²) in [4.78, 5) is 10.8. The van der Waals surface area contributed by atoms with Gasteiger partial charge < -0.3 is 15.8 Å². The van der Waals surface area contributed by atoms with Crippen LogP contribution in [-0.4, -0.2) is 55.2 Å². The average molecular weight is 411 g/mol. The highest BCUT2D eigenvalue weighted by atomic mass is 127. The molecule has 1 saturated heterocycles. The number of morpholine rings is 1. The first kappa shape index (κ1) is 17.6. The van der Waals surface area contributed by atoms with Crippen molar-refractivity contribution in [3.63, 3.8) is 0 Å². The van der Waals surface area contributed by atoms with Crippen LogP contribution in [-0.2, 0) is 11.3 Å². The molecular weight excluding hydrogens is 389 g/mol. The van der Waals surface area contributed by atoms with Gasteiger partial charge in [0.05, 0.1) is 19.8 Å². The van der Waals surface area contributed by atoms with Crippen molar-refractivity contribution >= 4 is 41.3 Å². The number of guanidine groups is 1. The van der Waals surface area contributed by atoms with Gasteiger partial charge in [-0.25, -0.2) is 9.98 Å². The van der Waals surface area contributed by atoms with E-state index >= 15 is 0 Å². The van der Waals surface area contributed by atoms with Crippen molar-refractivity contribution in [2.45, 2.75) is 13.0 Å². The van der Waals surface area contributed by atoms with Gasteiger partial charge in [0.2, 0.25) is 0 Å². The normalized spacial score (nSPS) is 16.7. The Morgan fingerprint density at radius 3 is 3.00 bits per heavy atom. The number of hydrogen-bond acceptors (Lipinski definition) is 5. The summed E-state index contributed by atoms with van der Waals surface area (Å²) in [5.41, 5.74) is 5.79. The molecule has 1 aliphatic heterocycles. The number of aromatic nitrogens is 1. The monoisotopic (exact) mass is 411 g/mol. The lowest BCUT2D eigenvalue weighted by Gasteiger charge is -2.26. The third kappa shape index (κ3) is 6.82. The molecule has 6 nitrogen and oxygen atoms in total. The summed E-state index contributed by atoms with van der Waals surface area (Å²) < 4.78 is 5.31. The molecule has 1 aliphatic rings. The van der Waals surface area contributed by atoms with E-state index in [9.17, 15) is 0 Å². The third-order valence-corrected chi connectivity index (χ3v) is 3.69. The molecule has 114 valence electrons. The van der Waals surface area contributed by atoms with E-state index in [1.54, 1.807) is 17.5 Å². The lowest BCUT2D eigenvalue weighted by Crippen LogP contribution is -2.39. The summed E-state index contributed by atoms with van der Waals surface area (Å²) in [6.45, 7) is 6.26. The standard InChI is InChI=1S/C12H21N5OS.HI/c13-12(16-10-11-14-3-9-19-11)15-2-1-4-17-5-7-18-8-6-17;/h3,9H,1-2,4-8,10H2,(H3,13,15,16);1H. The Bertz CT molecular complexity index is 381. The van der Waals surface area contributed by atoms with E-state index in [1.165, 1.54) is 0 Å². The molecule has 0 amide bonds. The number of nitrogens with two attached hydrogens (primary N) is 1. The van der Waals surface area contributed by atoms with Crippen molar-refractivity contribution in [1.82, 2.24) is 15.2 Å². The number of aliphatic imine (C=N–C) groups is 1.